The van der Waals surface area contributed by atoms with E-state index in [0.29, 0.717) is 35.6 Å². The van der Waals surface area contributed by atoms with Crippen LogP contribution in [-0.4, -0.2) is 22.2 Å². The smallest absolute Gasteiger partial charge is 0.336 e. The second-order valence-electron chi connectivity index (χ2n) is 9.14. The molecule has 1 aromatic carbocycles. The Hall–Kier alpha value is -3.87. The number of carbonyl (C=O) groups is 1. The molecule has 7 nitrogen and oxygen atoms in total. The first-order valence-electron chi connectivity index (χ1n) is 11.2. The molecule has 7 heteroatoms. The van der Waals surface area contributed by atoms with Crippen LogP contribution in [0.4, 0.5) is 5.82 Å². The van der Waals surface area contributed by atoms with Crippen molar-refractivity contribution in [2.45, 2.75) is 50.7 Å². The molecule has 174 valence electrons. The molecule has 0 bridgehead atoms. The van der Waals surface area contributed by atoms with Crippen molar-refractivity contribution in [3.63, 3.8) is 0 Å². The molecule has 0 saturated carbocycles. The number of benzene rings is 1. The van der Waals surface area contributed by atoms with Crippen molar-refractivity contribution in [2.24, 2.45) is 0 Å². The average molecular weight is 459 g/mol. The molecule has 0 radical (unpaired) electrons. The Labute approximate surface area is 196 Å². The molecule has 3 atom stereocenters. The Morgan fingerprint density at radius 2 is 2.09 bits per heavy atom. The largest absolute Gasteiger partial charge is 0.481 e. The van der Waals surface area contributed by atoms with Gasteiger partial charge < -0.3 is 19.6 Å². The van der Waals surface area contributed by atoms with Gasteiger partial charge in [-0.05, 0) is 56.2 Å². The fourth-order valence-electron chi connectivity index (χ4n) is 5.02. The molecule has 0 saturated heterocycles. The maximum atomic E-state index is 12.9. The van der Waals surface area contributed by atoms with Crippen molar-refractivity contribution in [3.05, 3.63) is 87.9 Å². The van der Waals surface area contributed by atoms with E-state index in [4.69, 9.17) is 19.6 Å². The highest BCUT2D eigenvalue weighted by atomic mass is 16.6. The number of aromatic nitrogens is 1. The minimum Gasteiger partial charge on any atom is -0.481 e. The number of esters is 1. The predicted molar refractivity (Wildman–Crippen MR) is 129 cm³/mol. The number of fused-ring (bicyclic) bond motifs is 2. The number of allylic oxidation sites excluding steroid dienone is 1. The molecule has 3 heterocycles. The second-order valence-corrected chi connectivity index (χ2v) is 9.14. The molecule has 2 aliphatic rings. The number of hydrogen-bond acceptors (Lipinski definition) is 7. The first-order chi connectivity index (χ1) is 16.2. The summed E-state index contributed by atoms with van der Waals surface area (Å²) in [5.74, 6) is 0.355. The summed E-state index contributed by atoms with van der Waals surface area (Å²) in [6.45, 7) is 5.46. The Bertz CT molecular complexity index is 1420. The van der Waals surface area contributed by atoms with E-state index < -0.39 is 16.8 Å². The summed E-state index contributed by atoms with van der Waals surface area (Å²) >= 11 is 0. The zero-order valence-corrected chi connectivity index (χ0v) is 19.3. The highest BCUT2D eigenvalue weighted by molar-refractivity contribution is 5.88. The quantitative estimate of drug-likeness (QED) is 0.267. The third kappa shape index (κ3) is 3.39. The molecule has 1 aliphatic carbocycles. The van der Waals surface area contributed by atoms with Gasteiger partial charge in [-0.25, -0.2) is 14.6 Å². The zero-order chi connectivity index (χ0) is 24.1. The van der Waals surface area contributed by atoms with Gasteiger partial charge >= 0.3 is 11.6 Å². The topological polar surface area (TPSA) is 105 Å². The van der Waals surface area contributed by atoms with Crippen LogP contribution in [0.15, 0.2) is 75.6 Å². The van der Waals surface area contributed by atoms with Crippen LogP contribution in [0.25, 0.3) is 11.0 Å². The van der Waals surface area contributed by atoms with Crippen LogP contribution in [0.3, 0.4) is 0 Å². The Kier molecular flexibility index (Phi) is 5.08. The van der Waals surface area contributed by atoms with E-state index in [2.05, 4.69) is 11.1 Å². The third-order valence-corrected chi connectivity index (χ3v) is 7.02. The average Bonchev–Trinajstić information content (AvgIpc) is 3.18. The van der Waals surface area contributed by atoms with Crippen LogP contribution >= 0.6 is 0 Å². The van der Waals surface area contributed by atoms with E-state index in [9.17, 15) is 9.59 Å². The van der Waals surface area contributed by atoms with Gasteiger partial charge in [-0.3, -0.25) is 0 Å². The van der Waals surface area contributed by atoms with Gasteiger partial charge in [-0.2, -0.15) is 0 Å². The van der Waals surface area contributed by atoms with Gasteiger partial charge in [-0.15, -0.1) is 0 Å². The summed E-state index contributed by atoms with van der Waals surface area (Å²) in [5, 5.41) is 0.804. The summed E-state index contributed by atoms with van der Waals surface area (Å²) < 4.78 is 18.3. The minimum absolute atomic E-state index is 0.266. The van der Waals surface area contributed by atoms with Crippen LogP contribution in [0.5, 0.6) is 5.75 Å². The normalized spacial score (nSPS) is 25.9. The number of rotatable bonds is 3. The summed E-state index contributed by atoms with van der Waals surface area (Å²) in [7, 11) is 0. The predicted octanol–water partition coefficient (Wildman–Crippen LogP) is 4.46. The van der Waals surface area contributed by atoms with E-state index in [1.165, 1.54) is 6.07 Å². The maximum absolute atomic E-state index is 12.9. The van der Waals surface area contributed by atoms with Crippen LogP contribution < -0.4 is 16.1 Å². The molecular formula is C27H26N2O5. The van der Waals surface area contributed by atoms with E-state index in [-0.39, 0.29) is 11.9 Å². The van der Waals surface area contributed by atoms with Crippen LogP contribution in [0.1, 0.15) is 44.2 Å². The van der Waals surface area contributed by atoms with Gasteiger partial charge in [0.15, 0.2) is 11.2 Å². The molecule has 5 rings (SSSR count). The number of nitrogens with zero attached hydrogens (tertiary/aromatic N) is 1. The Morgan fingerprint density at radius 3 is 2.85 bits per heavy atom. The van der Waals surface area contributed by atoms with Crippen LogP contribution in [0, 0.1) is 0 Å². The zero-order valence-electron chi connectivity index (χ0n) is 19.3. The minimum atomic E-state index is -0.988. The molecule has 2 N–H and O–H groups in total. The van der Waals surface area contributed by atoms with Crippen molar-refractivity contribution >= 4 is 22.8 Å². The highest BCUT2D eigenvalue weighted by Crippen LogP contribution is 2.54. The lowest BCUT2D eigenvalue weighted by Gasteiger charge is -2.50. The maximum Gasteiger partial charge on any atom is 0.336 e. The Balaban J connectivity index is 1.67. The fourth-order valence-corrected chi connectivity index (χ4v) is 5.02. The summed E-state index contributed by atoms with van der Waals surface area (Å²) in [6, 6.07) is 10.6. The van der Waals surface area contributed by atoms with Gasteiger partial charge in [0, 0.05) is 48.0 Å². The molecule has 3 unspecified atom stereocenters. The molecule has 0 fully saturated rings. The van der Waals surface area contributed by atoms with Crippen molar-refractivity contribution in [1.82, 2.24) is 4.98 Å². The summed E-state index contributed by atoms with van der Waals surface area (Å²) in [4.78, 5) is 28.8. The number of pyridine rings is 1. The van der Waals surface area contributed by atoms with E-state index in [1.54, 1.807) is 38.3 Å². The van der Waals surface area contributed by atoms with E-state index >= 15 is 0 Å². The monoisotopic (exact) mass is 458 g/mol. The van der Waals surface area contributed by atoms with Crippen LogP contribution in [-0.2, 0) is 16.0 Å². The summed E-state index contributed by atoms with van der Waals surface area (Å²) in [5.41, 5.74) is 6.50. The number of ether oxygens (including phenoxy) is 2. The number of anilines is 1. The Morgan fingerprint density at radius 1 is 1.26 bits per heavy atom. The SMILES string of the molecule is CC=C(C)C(=O)OC1(C)CC=CC(c2ccnc(N)c2)C12Cc1cc3ccc(=O)oc3cc1O2. The molecule has 1 aliphatic heterocycles. The highest BCUT2D eigenvalue weighted by Gasteiger charge is 2.61. The van der Waals surface area contributed by atoms with Crippen molar-refractivity contribution in [3.8, 4) is 5.75 Å². The first kappa shape index (κ1) is 21.9. The molecule has 2 aromatic heterocycles. The summed E-state index contributed by atoms with van der Waals surface area (Å²) in [6.07, 6.45) is 8.48. The second kappa shape index (κ2) is 7.87. The van der Waals surface area contributed by atoms with Gasteiger partial charge in [0.2, 0.25) is 0 Å². The first-order valence-corrected chi connectivity index (χ1v) is 11.2. The lowest BCUT2D eigenvalue weighted by atomic mass is 9.65. The number of carbonyl (C=O) groups excluding carboxylic acids is 1. The van der Waals surface area contributed by atoms with Crippen molar-refractivity contribution < 1.29 is 18.7 Å². The van der Waals surface area contributed by atoms with Gasteiger partial charge in [-0.1, -0.05) is 18.2 Å². The molecule has 0 amide bonds. The molecule has 34 heavy (non-hydrogen) atoms. The molecule has 1 spiro atoms. The lowest BCUT2D eigenvalue weighted by molar-refractivity contribution is -0.182. The standard InChI is InChI=1S/C27H26N2O5/c1-4-16(2)25(31)34-26(3)10-5-6-20(17-9-11-29-23(28)13-17)27(26)15-19-12-18-7-8-24(30)32-21(18)14-22(19)33-27/h4-9,11-14,20H,10,15H2,1-3H3,(H2,28,29). The van der Waals surface area contributed by atoms with E-state index in [0.717, 1.165) is 16.5 Å². The fraction of sp³-hybridized carbons (Fsp3) is 0.296. The van der Waals surface area contributed by atoms with Crippen LogP contribution in [0.2, 0.25) is 0 Å². The third-order valence-electron chi connectivity index (χ3n) is 7.02. The van der Waals surface area contributed by atoms with Gasteiger partial charge in [0.25, 0.3) is 0 Å². The van der Waals surface area contributed by atoms with E-state index in [1.807, 2.05) is 31.2 Å². The molecule has 3 aromatic rings. The number of nitrogen functional groups attached to an aromatic ring is 1. The number of hydrogen-bond donors (Lipinski definition) is 1. The number of nitrogens with two attached hydrogens (primary N) is 1. The van der Waals surface area contributed by atoms with Crippen molar-refractivity contribution in [2.75, 3.05) is 5.73 Å². The van der Waals surface area contributed by atoms with Gasteiger partial charge in [0.1, 0.15) is 17.2 Å². The van der Waals surface area contributed by atoms with Crippen molar-refractivity contribution in [1.29, 1.82) is 0 Å². The molecular weight excluding hydrogens is 432 g/mol. The van der Waals surface area contributed by atoms with Gasteiger partial charge in [0.05, 0.1) is 0 Å². The lowest BCUT2D eigenvalue weighted by Crippen LogP contribution is -2.62.